The van der Waals surface area contributed by atoms with Gasteiger partial charge in [0.05, 0.1) is 12.8 Å². The summed E-state index contributed by atoms with van der Waals surface area (Å²) in [6.45, 7) is 8.47. The average Bonchev–Trinajstić information content (AvgIpc) is 2.63. The van der Waals surface area contributed by atoms with Crippen molar-refractivity contribution < 1.29 is 4.74 Å². The molecule has 2 aromatic rings. The van der Waals surface area contributed by atoms with Crippen molar-refractivity contribution in [2.75, 3.05) is 33.8 Å². The molecule has 0 amide bonds. The predicted molar refractivity (Wildman–Crippen MR) is 99.8 cm³/mol. The normalized spacial score (nSPS) is 19.3. The molecule has 0 aliphatic carbocycles. The summed E-state index contributed by atoms with van der Waals surface area (Å²) in [5, 5.41) is 0. The second-order valence-corrected chi connectivity index (χ2v) is 7.05. The van der Waals surface area contributed by atoms with E-state index in [0.717, 1.165) is 31.9 Å². The van der Waals surface area contributed by atoms with Gasteiger partial charge in [-0.15, -0.1) is 0 Å². The zero-order chi connectivity index (χ0) is 17.8. The molecule has 0 bridgehead atoms. The second kappa shape index (κ2) is 7.93. The highest BCUT2D eigenvalue weighted by atomic mass is 16.5. The van der Waals surface area contributed by atoms with Crippen LogP contribution < -0.4 is 4.74 Å². The molecule has 0 saturated carbocycles. The lowest BCUT2D eigenvalue weighted by atomic mass is 9.91. The van der Waals surface area contributed by atoms with Gasteiger partial charge in [0.1, 0.15) is 0 Å². The van der Waals surface area contributed by atoms with Gasteiger partial charge in [-0.05, 0) is 30.2 Å². The molecule has 3 rings (SSSR count). The Morgan fingerprint density at radius 1 is 1.20 bits per heavy atom. The van der Waals surface area contributed by atoms with Gasteiger partial charge in [0.15, 0.2) is 0 Å². The Hall–Kier alpha value is -1.98. The van der Waals surface area contributed by atoms with Crippen molar-refractivity contribution in [3.05, 3.63) is 53.3 Å². The van der Waals surface area contributed by atoms with E-state index in [1.165, 1.54) is 11.1 Å². The largest absolute Gasteiger partial charge is 0.467 e. The minimum Gasteiger partial charge on any atom is -0.467 e. The summed E-state index contributed by atoms with van der Waals surface area (Å²) >= 11 is 0. The summed E-state index contributed by atoms with van der Waals surface area (Å²) in [5.41, 5.74) is 3.90. The summed E-state index contributed by atoms with van der Waals surface area (Å²) in [5.74, 6) is 0.533. The maximum atomic E-state index is 5.14. The maximum absolute atomic E-state index is 5.14. The van der Waals surface area contributed by atoms with E-state index in [0.29, 0.717) is 18.0 Å². The topological polar surface area (TPSA) is 41.5 Å². The fourth-order valence-corrected chi connectivity index (χ4v) is 3.54. The second-order valence-electron chi connectivity index (χ2n) is 7.05. The monoisotopic (exact) mass is 340 g/mol. The van der Waals surface area contributed by atoms with Crippen molar-refractivity contribution in [3.63, 3.8) is 0 Å². The molecular formula is C20H28N4O. The highest BCUT2D eigenvalue weighted by molar-refractivity contribution is 5.33. The van der Waals surface area contributed by atoms with Crippen molar-refractivity contribution in [1.82, 2.24) is 19.8 Å². The summed E-state index contributed by atoms with van der Waals surface area (Å²) in [6.07, 6.45) is 1.77. The molecule has 1 atom stereocenters. The number of hydrogen-bond acceptors (Lipinski definition) is 5. The Kier molecular flexibility index (Phi) is 5.66. The molecule has 25 heavy (non-hydrogen) atoms. The van der Waals surface area contributed by atoms with E-state index in [1.807, 2.05) is 6.07 Å². The van der Waals surface area contributed by atoms with E-state index in [-0.39, 0.29) is 0 Å². The SMILES string of the molecule is COc1nccc(CN2CCN(C)C(c3ccccc3C(C)C)C2)n1. The third-order valence-electron chi connectivity index (χ3n) is 4.97. The molecule has 5 nitrogen and oxygen atoms in total. The maximum Gasteiger partial charge on any atom is 0.316 e. The van der Waals surface area contributed by atoms with Crippen LogP contribution in [0.15, 0.2) is 36.5 Å². The van der Waals surface area contributed by atoms with Gasteiger partial charge in [0.2, 0.25) is 0 Å². The van der Waals surface area contributed by atoms with Gasteiger partial charge < -0.3 is 4.74 Å². The first kappa shape index (κ1) is 17.8. The Morgan fingerprint density at radius 2 is 2.00 bits per heavy atom. The molecular weight excluding hydrogens is 312 g/mol. The molecule has 1 saturated heterocycles. The number of benzene rings is 1. The Bertz CT molecular complexity index is 704. The van der Waals surface area contributed by atoms with Gasteiger partial charge in [0, 0.05) is 38.4 Å². The third kappa shape index (κ3) is 4.17. The zero-order valence-corrected chi connectivity index (χ0v) is 15.6. The van der Waals surface area contributed by atoms with E-state index in [2.05, 4.69) is 64.9 Å². The van der Waals surface area contributed by atoms with E-state index in [1.54, 1.807) is 13.3 Å². The molecule has 2 heterocycles. The molecule has 1 aromatic carbocycles. The molecule has 1 aromatic heterocycles. The van der Waals surface area contributed by atoms with Crippen LogP contribution in [0.1, 0.15) is 42.6 Å². The predicted octanol–water partition coefficient (Wildman–Crippen LogP) is 3.10. The van der Waals surface area contributed by atoms with Crippen LogP contribution in [-0.2, 0) is 6.54 Å². The third-order valence-corrected chi connectivity index (χ3v) is 4.97. The van der Waals surface area contributed by atoms with Crippen LogP contribution in [0.25, 0.3) is 0 Å². The highest BCUT2D eigenvalue weighted by Gasteiger charge is 2.27. The zero-order valence-electron chi connectivity index (χ0n) is 15.6. The number of rotatable bonds is 5. The fraction of sp³-hybridized carbons (Fsp3) is 0.500. The van der Waals surface area contributed by atoms with Crippen LogP contribution in [0, 0.1) is 0 Å². The molecule has 1 aliphatic heterocycles. The van der Waals surface area contributed by atoms with Crippen LogP contribution >= 0.6 is 0 Å². The highest BCUT2D eigenvalue weighted by Crippen LogP contribution is 2.31. The lowest BCUT2D eigenvalue weighted by Crippen LogP contribution is -2.46. The standard InChI is InChI=1S/C20H28N4O/c1-15(2)17-7-5-6-8-18(17)19-14-24(12-11-23(19)3)13-16-9-10-21-20(22-16)25-4/h5-10,15,19H,11-14H2,1-4H3. The van der Waals surface area contributed by atoms with Crippen LogP contribution in [0.5, 0.6) is 6.01 Å². The number of likely N-dealkylation sites (N-methyl/N-ethyl adjacent to an activating group) is 1. The summed E-state index contributed by atoms with van der Waals surface area (Å²) in [4.78, 5) is 13.5. The Morgan fingerprint density at radius 3 is 2.76 bits per heavy atom. The number of aromatic nitrogens is 2. The lowest BCUT2D eigenvalue weighted by molar-refractivity contribution is 0.0888. The minimum absolute atomic E-state index is 0.413. The Balaban J connectivity index is 1.78. The molecule has 134 valence electrons. The van der Waals surface area contributed by atoms with Crippen molar-refractivity contribution >= 4 is 0 Å². The van der Waals surface area contributed by atoms with Crippen molar-refractivity contribution in [1.29, 1.82) is 0 Å². The summed E-state index contributed by atoms with van der Waals surface area (Å²) in [6, 6.07) is 11.7. The van der Waals surface area contributed by atoms with E-state index < -0.39 is 0 Å². The first-order valence-corrected chi connectivity index (χ1v) is 8.95. The van der Waals surface area contributed by atoms with Crippen LogP contribution in [0.2, 0.25) is 0 Å². The van der Waals surface area contributed by atoms with Gasteiger partial charge in [-0.2, -0.15) is 4.98 Å². The van der Waals surface area contributed by atoms with Crippen LogP contribution in [0.4, 0.5) is 0 Å². The lowest BCUT2D eigenvalue weighted by Gasteiger charge is -2.40. The van der Waals surface area contributed by atoms with Gasteiger partial charge in [0.25, 0.3) is 0 Å². The smallest absolute Gasteiger partial charge is 0.316 e. The number of nitrogens with zero attached hydrogens (tertiary/aromatic N) is 4. The van der Waals surface area contributed by atoms with Gasteiger partial charge in [-0.3, -0.25) is 9.80 Å². The molecule has 0 N–H and O–H groups in total. The van der Waals surface area contributed by atoms with Crippen molar-refractivity contribution in [3.8, 4) is 6.01 Å². The van der Waals surface area contributed by atoms with Gasteiger partial charge in [-0.1, -0.05) is 38.1 Å². The Labute approximate surface area is 150 Å². The molecule has 1 unspecified atom stereocenters. The number of hydrogen-bond donors (Lipinski definition) is 0. The molecule has 1 aliphatic rings. The van der Waals surface area contributed by atoms with Gasteiger partial charge >= 0.3 is 6.01 Å². The molecule has 5 heteroatoms. The quantitative estimate of drug-likeness (QED) is 0.837. The van der Waals surface area contributed by atoms with E-state index in [9.17, 15) is 0 Å². The number of ether oxygens (including phenoxy) is 1. The van der Waals surface area contributed by atoms with Crippen molar-refractivity contribution in [2.24, 2.45) is 0 Å². The average molecular weight is 340 g/mol. The summed E-state index contributed by atoms with van der Waals surface area (Å²) < 4.78 is 5.14. The molecule has 1 fully saturated rings. The molecule has 0 spiro atoms. The van der Waals surface area contributed by atoms with Crippen LogP contribution in [0.3, 0.4) is 0 Å². The first-order valence-electron chi connectivity index (χ1n) is 8.95. The van der Waals surface area contributed by atoms with Gasteiger partial charge in [-0.25, -0.2) is 4.98 Å². The van der Waals surface area contributed by atoms with Crippen LogP contribution in [-0.4, -0.2) is 53.6 Å². The minimum atomic E-state index is 0.413. The number of piperazine rings is 1. The molecule has 0 radical (unpaired) electrons. The fourth-order valence-electron chi connectivity index (χ4n) is 3.54. The summed E-state index contributed by atoms with van der Waals surface area (Å²) in [7, 11) is 3.83. The van der Waals surface area contributed by atoms with E-state index in [4.69, 9.17) is 4.74 Å². The van der Waals surface area contributed by atoms with Crippen molar-refractivity contribution in [2.45, 2.75) is 32.4 Å². The number of methoxy groups -OCH3 is 1. The van der Waals surface area contributed by atoms with E-state index >= 15 is 0 Å². The first-order chi connectivity index (χ1) is 12.1.